The third kappa shape index (κ3) is 2.05. The van der Waals surface area contributed by atoms with Crippen molar-refractivity contribution in [3.05, 3.63) is 46.7 Å². The first kappa shape index (κ1) is 10.7. The van der Waals surface area contributed by atoms with Crippen LogP contribution in [0.5, 0.6) is 0 Å². The standard InChI is InChI=1S/C13H7NS3/c14-8-9-3-4-12(16-9)13-6-5-11(17-13)10-2-1-7-15-10/h1-7H. The number of nitrogens with zero attached hydrogens (tertiary/aromatic N) is 1. The van der Waals surface area contributed by atoms with Gasteiger partial charge in [0.2, 0.25) is 0 Å². The summed E-state index contributed by atoms with van der Waals surface area (Å²) in [4.78, 5) is 5.78. The van der Waals surface area contributed by atoms with Crippen LogP contribution in [-0.4, -0.2) is 0 Å². The van der Waals surface area contributed by atoms with Crippen molar-refractivity contribution >= 4 is 34.0 Å². The van der Waals surface area contributed by atoms with E-state index in [-0.39, 0.29) is 0 Å². The molecule has 3 aromatic rings. The van der Waals surface area contributed by atoms with Crippen molar-refractivity contribution in [2.75, 3.05) is 0 Å². The van der Waals surface area contributed by atoms with Gasteiger partial charge in [0.15, 0.2) is 0 Å². The normalized spacial score (nSPS) is 10.3. The molecule has 0 saturated heterocycles. The van der Waals surface area contributed by atoms with E-state index < -0.39 is 0 Å². The highest BCUT2D eigenvalue weighted by molar-refractivity contribution is 7.26. The zero-order valence-electron chi connectivity index (χ0n) is 8.71. The van der Waals surface area contributed by atoms with Crippen LogP contribution in [0.25, 0.3) is 19.5 Å². The van der Waals surface area contributed by atoms with Crippen molar-refractivity contribution in [1.82, 2.24) is 0 Å². The van der Waals surface area contributed by atoms with Crippen LogP contribution in [0.1, 0.15) is 4.88 Å². The van der Waals surface area contributed by atoms with E-state index in [1.165, 1.54) is 19.5 Å². The van der Waals surface area contributed by atoms with Gasteiger partial charge in [-0.05, 0) is 35.7 Å². The molecule has 0 spiro atoms. The molecule has 0 bridgehead atoms. The highest BCUT2D eigenvalue weighted by Crippen LogP contribution is 2.38. The van der Waals surface area contributed by atoms with E-state index in [0.29, 0.717) is 0 Å². The Morgan fingerprint density at radius 2 is 1.53 bits per heavy atom. The Bertz CT molecular complexity index is 668. The van der Waals surface area contributed by atoms with Gasteiger partial charge in [-0.1, -0.05) is 6.07 Å². The third-order valence-corrected chi connectivity index (χ3v) is 5.67. The van der Waals surface area contributed by atoms with Crippen molar-refractivity contribution in [2.45, 2.75) is 0 Å². The Morgan fingerprint density at radius 3 is 2.18 bits per heavy atom. The lowest BCUT2D eigenvalue weighted by atomic mass is 10.3. The number of thiophene rings is 3. The maximum absolute atomic E-state index is 8.82. The van der Waals surface area contributed by atoms with E-state index in [2.05, 4.69) is 35.7 Å². The largest absolute Gasteiger partial charge is 0.192 e. The van der Waals surface area contributed by atoms with Gasteiger partial charge < -0.3 is 0 Å². The Morgan fingerprint density at radius 1 is 0.824 bits per heavy atom. The van der Waals surface area contributed by atoms with Gasteiger partial charge in [0, 0.05) is 19.5 Å². The lowest BCUT2D eigenvalue weighted by Gasteiger charge is -1.89. The van der Waals surface area contributed by atoms with Crippen LogP contribution in [-0.2, 0) is 0 Å². The molecule has 0 atom stereocenters. The summed E-state index contributed by atoms with van der Waals surface area (Å²) in [7, 11) is 0. The third-order valence-electron chi connectivity index (χ3n) is 2.33. The molecule has 4 heteroatoms. The van der Waals surface area contributed by atoms with E-state index >= 15 is 0 Å². The summed E-state index contributed by atoms with van der Waals surface area (Å²) in [5.74, 6) is 0. The highest BCUT2D eigenvalue weighted by atomic mass is 32.1. The lowest BCUT2D eigenvalue weighted by molar-refractivity contribution is 1.52. The van der Waals surface area contributed by atoms with Crippen LogP contribution >= 0.6 is 34.0 Å². The maximum atomic E-state index is 8.82. The first-order valence-corrected chi connectivity index (χ1v) is 7.52. The first-order chi connectivity index (χ1) is 8.36. The van der Waals surface area contributed by atoms with Gasteiger partial charge in [0.1, 0.15) is 10.9 Å². The predicted molar refractivity (Wildman–Crippen MR) is 75.7 cm³/mol. The molecule has 0 aliphatic heterocycles. The Hall–Kier alpha value is -1.41. The molecule has 0 radical (unpaired) electrons. The summed E-state index contributed by atoms with van der Waals surface area (Å²) in [5.41, 5.74) is 0. The average molecular weight is 273 g/mol. The summed E-state index contributed by atoms with van der Waals surface area (Å²) < 4.78 is 0. The molecule has 82 valence electrons. The van der Waals surface area contributed by atoms with Crippen molar-refractivity contribution in [2.24, 2.45) is 0 Å². The second kappa shape index (κ2) is 4.46. The molecular weight excluding hydrogens is 266 g/mol. The fourth-order valence-corrected chi connectivity index (χ4v) is 4.29. The molecule has 3 heterocycles. The number of rotatable bonds is 2. The fraction of sp³-hybridized carbons (Fsp3) is 0. The molecular formula is C13H7NS3. The van der Waals surface area contributed by atoms with Gasteiger partial charge in [-0.3, -0.25) is 0 Å². The molecule has 0 N–H and O–H groups in total. The lowest BCUT2D eigenvalue weighted by Crippen LogP contribution is -1.57. The summed E-state index contributed by atoms with van der Waals surface area (Å²) in [6, 6.07) is 14.6. The van der Waals surface area contributed by atoms with Gasteiger partial charge in [-0.15, -0.1) is 34.0 Å². The molecule has 0 aliphatic carbocycles. The highest BCUT2D eigenvalue weighted by Gasteiger charge is 2.07. The number of nitriles is 1. The van der Waals surface area contributed by atoms with Crippen LogP contribution in [0.3, 0.4) is 0 Å². The molecule has 1 nitrogen and oxygen atoms in total. The molecule has 17 heavy (non-hydrogen) atoms. The van der Waals surface area contributed by atoms with Gasteiger partial charge in [-0.25, -0.2) is 0 Å². The van der Waals surface area contributed by atoms with E-state index in [0.717, 1.165) is 4.88 Å². The second-order valence-electron chi connectivity index (χ2n) is 3.42. The Balaban J connectivity index is 1.98. The van der Waals surface area contributed by atoms with Crippen molar-refractivity contribution in [1.29, 1.82) is 5.26 Å². The van der Waals surface area contributed by atoms with Crippen LogP contribution in [0.4, 0.5) is 0 Å². The minimum atomic E-state index is 0.770. The molecule has 3 aromatic heterocycles. The molecule has 0 aliphatic rings. The topological polar surface area (TPSA) is 23.8 Å². The monoisotopic (exact) mass is 273 g/mol. The summed E-state index contributed by atoms with van der Waals surface area (Å²) >= 11 is 5.08. The van der Waals surface area contributed by atoms with Crippen LogP contribution < -0.4 is 0 Å². The average Bonchev–Trinajstić information content (AvgIpc) is 3.09. The molecule has 0 fully saturated rings. The van der Waals surface area contributed by atoms with Crippen molar-refractivity contribution < 1.29 is 0 Å². The Kier molecular flexibility index (Phi) is 2.81. The minimum absolute atomic E-state index is 0.770. The van der Waals surface area contributed by atoms with Crippen molar-refractivity contribution in [3.63, 3.8) is 0 Å². The first-order valence-electron chi connectivity index (χ1n) is 5.01. The molecule has 0 aromatic carbocycles. The number of hydrogen-bond acceptors (Lipinski definition) is 4. The second-order valence-corrected chi connectivity index (χ2v) is 6.53. The van der Waals surface area contributed by atoms with Crippen LogP contribution in [0, 0.1) is 11.3 Å². The quantitative estimate of drug-likeness (QED) is 0.639. The molecule has 0 amide bonds. The van der Waals surface area contributed by atoms with Gasteiger partial charge in [0.05, 0.1) is 0 Å². The smallest absolute Gasteiger partial charge is 0.110 e. The van der Waals surface area contributed by atoms with Crippen LogP contribution in [0.2, 0.25) is 0 Å². The van der Waals surface area contributed by atoms with Crippen LogP contribution in [0.15, 0.2) is 41.8 Å². The van der Waals surface area contributed by atoms with E-state index in [4.69, 9.17) is 5.26 Å². The zero-order valence-corrected chi connectivity index (χ0v) is 11.2. The Labute approximate surface area is 111 Å². The maximum Gasteiger partial charge on any atom is 0.110 e. The van der Waals surface area contributed by atoms with Crippen molar-refractivity contribution in [3.8, 4) is 25.6 Å². The van der Waals surface area contributed by atoms with Gasteiger partial charge in [-0.2, -0.15) is 5.26 Å². The summed E-state index contributed by atoms with van der Waals surface area (Å²) in [6.07, 6.45) is 0. The van der Waals surface area contributed by atoms with E-state index in [1.807, 2.05) is 12.1 Å². The summed E-state index contributed by atoms with van der Waals surface area (Å²) in [6.45, 7) is 0. The molecule has 0 unspecified atom stereocenters. The van der Waals surface area contributed by atoms with Gasteiger partial charge in [0.25, 0.3) is 0 Å². The number of hydrogen-bond donors (Lipinski definition) is 0. The van der Waals surface area contributed by atoms with E-state index in [1.54, 1.807) is 34.0 Å². The molecule has 0 saturated carbocycles. The van der Waals surface area contributed by atoms with E-state index in [9.17, 15) is 0 Å². The SMILES string of the molecule is N#Cc1ccc(-c2ccc(-c3cccs3)s2)s1. The molecule has 3 rings (SSSR count). The predicted octanol–water partition coefficient (Wildman–Crippen LogP) is 5.08. The summed E-state index contributed by atoms with van der Waals surface area (Å²) in [5, 5.41) is 10.9. The van der Waals surface area contributed by atoms with Gasteiger partial charge >= 0.3 is 0 Å². The zero-order chi connectivity index (χ0) is 11.7. The minimum Gasteiger partial charge on any atom is -0.192 e. The fourth-order valence-electron chi connectivity index (χ4n) is 1.55.